The van der Waals surface area contributed by atoms with Gasteiger partial charge < -0.3 is 0 Å². The summed E-state index contributed by atoms with van der Waals surface area (Å²) >= 11 is 0. The van der Waals surface area contributed by atoms with E-state index in [2.05, 4.69) is 55.2 Å². The van der Waals surface area contributed by atoms with E-state index >= 15 is 0 Å². The zero-order chi connectivity index (χ0) is 21.6. The Kier molecular flexibility index (Phi) is 6.43. The highest BCUT2D eigenvalue weighted by molar-refractivity contribution is 5.84. The third-order valence-electron chi connectivity index (χ3n) is 5.45. The number of fused-ring (bicyclic) bond motifs is 1. The molecule has 0 unspecified atom stereocenters. The Morgan fingerprint density at radius 2 is 1.03 bits per heavy atom. The monoisotopic (exact) mass is 410 g/mol. The second kappa shape index (κ2) is 9.58. The van der Waals surface area contributed by atoms with Crippen molar-refractivity contribution in [1.82, 2.24) is 0 Å². The van der Waals surface area contributed by atoms with E-state index in [1.165, 1.54) is 35.2 Å². The van der Waals surface area contributed by atoms with E-state index in [4.69, 9.17) is 0 Å². The predicted molar refractivity (Wildman–Crippen MR) is 124 cm³/mol. The smallest absolute Gasteiger partial charge is 0.159 e. The highest BCUT2D eigenvalue weighted by Gasteiger charge is 2.04. The standard InChI is InChI=1S/C29H24F2/c1-2-3-21-4-6-22(7-5-21)8-9-23-10-12-24(13-11-23)14-15-25-16-17-26-19-28(30)29(31)20-27(26)18-25/h4-7,10-13,16-20H,2-3,8-9H2,1H3. The van der Waals surface area contributed by atoms with E-state index in [0.717, 1.165) is 30.4 Å². The summed E-state index contributed by atoms with van der Waals surface area (Å²) in [4.78, 5) is 0. The fourth-order valence-electron chi connectivity index (χ4n) is 3.67. The molecule has 0 radical (unpaired) electrons. The number of halogens is 2. The minimum atomic E-state index is -0.842. The molecule has 2 heteroatoms. The Morgan fingerprint density at radius 3 is 1.65 bits per heavy atom. The first kappa shape index (κ1) is 20.8. The molecule has 0 aliphatic heterocycles. The molecule has 0 amide bonds. The van der Waals surface area contributed by atoms with Gasteiger partial charge in [-0.15, -0.1) is 0 Å². The normalized spacial score (nSPS) is 10.7. The average Bonchev–Trinajstić information content (AvgIpc) is 2.79. The highest BCUT2D eigenvalue weighted by atomic mass is 19.2. The Hall–Kier alpha value is -3.44. The lowest BCUT2D eigenvalue weighted by Gasteiger charge is -2.04. The van der Waals surface area contributed by atoms with E-state index in [0.29, 0.717) is 10.8 Å². The van der Waals surface area contributed by atoms with Gasteiger partial charge in [0.05, 0.1) is 0 Å². The molecule has 0 aliphatic rings. The van der Waals surface area contributed by atoms with Gasteiger partial charge in [0.2, 0.25) is 0 Å². The zero-order valence-corrected chi connectivity index (χ0v) is 17.6. The Balaban J connectivity index is 1.40. The number of hydrogen-bond donors (Lipinski definition) is 0. The molecular formula is C29H24F2. The molecule has 0 heterocycles. The third kappa shape index (κ3) is 5.38. The molecule has 0 atom stereocenters. The van der Waals surface area contributed by atoms with Gasteiger partial charge in [0.15, 0.2) is 11.6 Å². The van der Waals surface area contributed by atoms with Gasteiger partial charge in [-0.1, -0.05) is 67.6 Å². The minimum Gasteiger partial charge on any atom is -0.204 e. The summed E-state index contributed by atoms with van der Waals surface area (Å²) in [5.41, 5.74) is 5.74. The second-order valence-electron chi connectivity index (χ2n) is 7.84. The minimum absolute atomic E-state index is 0.642. The molecule has 0 spiro atoms. The van der Waals surface area contributed by atoms with Crippen molar-refractivity contribution >= 4 is 10.8 Å². The second-order valence-corrected chi connectivity index (χ2v) is 7.84. The lowest BCUT2D eigenvalue weighted by molar-refractivity contribution is 0.511. The first-order valence-electron chi connectivity index (χ1n) is 10.7. The number of hydrogen-bond acceptors (Lipinski definition) is 0. The van der Waals surface area contributed by atoms with E-state index < -0.39 is 11.6 Å². The molecule has 0 bridgehead atoms. The first-order valence-corrected chi connectivity index (χ1v) is 10.7. The molecular weight excluding hydrogens is 386 g/mol. The van der Waals surface area contributed by atoms with Gasteiger partial charge in [0, 0.05) is 11.1 Å². The van der Waals surface area contributed by atoms with E-state index in [1.54, 1.807) is 12.1 Å². The number of rotatable bonds is 5. The molecule has 4 rings (SSSR count). The SMILES string of the molecule is CCCc1ccc(CCc2ccc(C#Cc3ccc4cc(F)c(F)cc4c3)cc2)cc1. The van der Waals surface area contributed by atoms with Gasteiger partial charge in [-0.05, 0) is 83.1 Å². The largest absolute Gasteiger partial charge is 0.204 e. The number of benzene rings is 4. The van der Waals surface area contributed by atoms with Crippen molar-refractivity contribution in [3.05, 3.63) is 118 Å². The molecule has 0 saturated carbocycles. The molecule has 31 heavy (non-hydrogen) atoms. The summed E-state index contributed by atoms with van der Waals surface area (Å²) in [5, 5.41) is 1.30. The van der Waals surface area contributed by atoms with Crippen molar-refractivity contribution in [2.45, 2.75) is 32.6 Å². The lowest BCUT2D eigenvalue weighted by atomic mass is 10.0. The van der Waals surface area contributed by atoms with Crippen LogP contribution in [0.1, 0.15) is 41.2 Å². The van der Waals surface area contributed by atoms with Crippen LogP contribution < -0.4 is 0 Å². The summed E-state index contributed by atoms with van der Waals surface area (Å²) in [5.74, 6) is 4.59. The van der Waals surface area contributed by atoms with Crippen LogP contribution in [-0.2, 0) is 19.3 Å². The van der Waals surface area contributed by atoms with Gasteiger partial charge in [-0.2, -0.15) is 0 Å². The van der Waals surface area contributed by atoms with Crippen LogP contribution in [0, 0.1) is 23.5 Å². The maximum Gasteiger partial charge on any atom is 0.159 e. The van der Waals surface area contributed by atoms with Crippen LogP contribution in [0.5, 0.6) is 0 Å². The molecule has 0 saturated heterocycles. The topological polar surface area (TPSA) is 0 Å². The van der Waals surface area contributed by atoms with Crippen LogP contribution in [0.15, 0.2) is 78.9 Å². The maximum atomic E-state index is 13.5. The molecule has 4 aromatic rings. The van der Waals surface area contributed by atoms with E-state index in [9.17, 15) is 8.78 Å². The average molecular weight is 411 g/mol. The summed E-state index contributed by atoms with van der Waals surface area (Å²) in [7, 11) is 0. The van der Waals surface area contributed by atoms with Gasteiger partial charge in [-0.3, -0.25) is 0 Å². The van der Waals surface area contributed by atoms with Crippen molar-refractivity contribution < 1.29 is 8.78 Å². The van der Waals surface area contributed by atoms with Crippen molar-refractivity contribution in [1.29, 1.82) is 0 Å². The quantitative estimate of drug-likeness (QED) is 0.304. The van der Waals surface area contributed by atoms with Crippen molar-refractivity contribution in [3.63, 3.8) is 0 Å². The highest BCUT2D eigenvalue weighted by Crippen LogP contribution is 2.20. The zero-order valence-electron chi connectivity index (χ0n) is 17.6. The molecule has 0 fully saturated rings. The van der Waals surface area contributed by atoms with Crippen LogP contribution in [0.4, 0.5) is 8.78 Å². The van der Waals surface area contributed by atoms with Crippen molar-refractivity contribution in [2.24, 2.45) is 0 Å². The van der Waals surface area contributed by atoms with Crippen molar-refractivity contribution in [3.8, 4) is 11.8 Å². The summed E-state index contributed by atoms with van der Waals surface area (Å²) in [6, 6.07) is 25.0. The molecule has 0 aliphatic carbocycles. The maximum absolute atomic E-state index is 13.5. The van der Waals surface area contributed by atoms with Gasteiger partial charge in [0.1, 0.15) is 0 Å². The van der Waals surface area contributed by atoms with Crippen LogP contribution in [0.3, 0.4) is 0 Å². The number of aryl methyl sites for hydroxylation is 3. The van der Waals surface area contributed by atoms with Crippen LogP contribution in [0.2, 0.25) is 0 Å². The molecule has 4 aromatic carbocycles. The predicted octanol–water partition coefficient (Wildman–Crippen LogP) is 7.26. The van der Waals surface area contributed by atoms with Crippen molar-refractivity contribution in [2.75, 3.05) is 0 Å². The Bertz CT molecular complexity index is 1240. The first-order chi connectivity index (χ1) is 15.1. The molecule has 0 nitrogen and oxygen atoms in total. The van der Waals surface area contributed by atoms with Crippen LogP contribution >= 0.6 is 0 Å². The van der Waals surface area contributed by atoms with E-state index in [-0.39, 0.29) is 0 Å². The lowest BCUT2D eigenvalue weighted by Crippen LogP contribution is -1.92. The van der Waals surface area contributed by atoms with Crippen LogP contribution in [-0.4, -0.2) is 0 Å². The van der Waals surface area contributed by atoms with Gasteiger partial charge in [-0.25, -0.2) is 8.78 Å². The van der Waals surface area contributed by atoms with Gasteiger partial charge >= 0.3 is 0 Å². The van der Waals surface area contributed by atoms with Crippen LogP contribution in [0.25, 0.3) is 10.8 Å². The Labute approximate surface area is 182 Å². The van der Waals surface area contributed by atoms with E-state index in [1.807, 2.05) is 18.2 Å². The molecule has 0 aromatic heterocycles. The third-order valence-corrected chi connectivity index (χ3v) is 5.45. The molecule has 154 valence electrons. The summed E-state index contributed by atoms with van der Waals surface area (Å²) in [6.07, 6.45) is 4.32. The molecule has 0 N–H and O–H groups in total. The fraction of sp³-hybridized carbons (Fsp3) is 0.172. The van der Waals surface area contributed by atoms with Gasteiger partial charge in [0.25, 0.3) is 0 Å². The summed E-state index contributed by atoms with van der Waals surface area (Å²) in [6.45, 7) is 2.20. The Morgan fingerprint density at radius 1 is 0.548 bits per heavy atom. The fourth-order valence-corrected chi connectivity index (χ4v) is 3.67. The summed E-state index contributed by atoms with van der Waals surface area (Å²) < 4.78 is 26.8.